The lowest BCUT2D eigenvalue weighted by atomic mass is 9.99. The summed E-state index contributed by atoms with van der Waals surface area (Å²) in [4.78, 5) is 10.6. The molecular formula is C22H21F4NO5S. The van der Waals surface area contributed by atoms with Gasteiger partial charge in [0.1, 0.15) is 11.6 Å². The Morgan fingerprint density at radius 1 is 0.970 bits per heavy atom. The molecule has 178 valence electrons. The molecule has 0 unspecified atom stereocenters. The number of halogens is 4. The van der Waals surface area contributed by atoms with E-state index in [1.807, 2.05) is 0 Å². The van der Waals surface area contributed by atoms with Gasteiger partial charge in [0.25, 0.3) is 0 Å². The van der Waals surface area contributed by atoms with Gasteiger partial charge in [-0.3, -0.25) is 0 Å². The zero-order chi connectivity index (χ0) is 23.9. The largest absolute Gasteiger partial charge is 0.493 e. The van der Waals surface area contributed by atoms with Crippen LogP contribution in [-0.2, 0) is 10.0 Å². The van der Waals surface area contributed by atoms with Crippen LogP contribution < -0.4 is 4.74 Å². The zero-order valence-corrected chi connectivity index (χ0v) is 18.2. The van der Waals surface area contributed by atoms with Gasteiger partial charge in [-0.1, -0.05) is 0 Å². The van der Waals surface area contributed by atoms with Crippen molar-refractivity contribution in [1.82, 2.24) is 4.31 Å². The summed E-state index contributed by atoms with van der Waals surface area (Å²) >= 11 is 0. The number of rotatable bonds is 7. The number of carboxylic acids is 1. The normalized spacial score (nSPS) is 17.8. The van der Waals surface area contributed by atoms with Crippen LogP contribution in [0.25, 0.3) is 0 Å². The highest BCUT2D eigenvalue weighted by Gasteiger charge is 2.32. The second kappa shape index (κ2) is 8.94. The van der Waals surface area contributed by atoms with E-state index in [-0.39, 0.29) is 37.3 Å². The highest BCUT2D eigenvalue weighted by molar-refractivity contribution is 7.89. The van der Waals surface area contributed by atoms with Crippen molar-refractivity contribution in [3.63, 3.8) is 0 Å². The maximum Gasteiger partial charge on any atom is 0.338 e. The summed E-state index contributed by atoms with van der Waals surface area (Å²) in [6.07, 6.45) is 2.50. The molecule has 6 nitrogen and oxygen atoms in total. The first-order valence-corrected chi connectivity index (χ1v) is 11.9. The molecule has 2 aromatic rings. The molecule has 1 saturated carbocycles. The van der Waals surface area contributed by atoms with Gasteiger partial charge >= 0.3 is 5.97 Å². The number of hydrogen-bond acceptors (Lipinski definition) is 4. The summed E-state index contributed by atoms with van der Waals surface area (Å²) in [6, 6.07) is 3.30. The molecule has 0 atom stereocenters. The Labute approximate surface area is 187 Å². The van der Waals surface area contributed by atoms with Gasteiger partial charge in [-0.2, -0.15) is 4.31 Å². The molecule has 11 heteroatoms. The van der Waals surface area contributed by atoms with Crippen molar-refractivity contribution in [3.05, 3.63) is 58.7 Å². The van der Waals surface area contributed by atoms with Crippen LogP contribution in [0.3, 0.4) is 0 Å². The van der Waals surface area contributed by atoms with Crippen molar-refractivity contribution in [2.75, 3.05) is 19.7 Å². The van der Waals surface area contributed by atoms with E-state index in [1.165, 1.54) is 6.07 Å². The first kappa shape index (κ1) is 23.5. The van der Waals surface area contributed by atoms with Crippen LogP contribution in [0.4, 0.5) is 17.6 Å². The molecule has 1 aliphatic carbocycles. The van der Waals surface area contributed by atoms with Crippen LogP contribution >= 0.6 is 0 Å². The van der Waals surface area contributed by atoms with E-state index in [0.717, 1.165) is 23.2 Å². The van der Waals surface area contributed by atoms with E-state index in [2.05, 4.69) is 0 Å². The molecule has 1 heterocycles. The van der Waals surface area contributed by atoms with Gasteiger partial charge in [0.15, 0.2) is 17.5 Å². The van der Waals surface area contributed by atoms with Crippen LogP contribution in [0.15, 0.2) is 29.2 Å². The highest BCUT2D eigenvalue weighted by atomic mass is 32.2. The number of aromatic carboxylic acids is 1. The molecule has 0 aromatic heterocycles. The Morgan fingerprint density at radius 3 is 2.12 bits per heavy atom. The molecule has 0 spiro atoms. The minimum atomic E-state index is -4.20. The topological polar surface area (TPSA) is 83.9 Å². The number of nitrogens with zero attached hydrogens (tertiary/aromatic N) is 1. The van der Waals surface area contributed by atoms with Crippen molar-refractivity contribution >= 4 is 16.0 Å². The third-order valence-corrected chi connectivity index (χ3v) is 7.87. The molecule has 4 rings (SSSR count). The lowest BCUT2D eigenvalue weighted by molar-refractivity contribution is 0.0691. The number of ether oxygens (including phenoxy) is 1. The minimum absolute atomic E-state index is 0.0626. The average molecular weight is 487 g/mol. The van der Waals surface area contributed by atoms with E-state index in [1.54, 1.807) is 0 Å². The molecule has 0 bridgehead atoms. The zero-order valence-electron chi connectivity index (χ0n) is 17.4. The third-order valence-electron chi connectivity index (χ3n) is 5.99. The summed E-state index contributed by atoms with van der Waals surface area (Å²) in [5.74, 6) is -6.78. The maximum atomic E-state index is 14.1. The summed E-state index contributed by atoms with van der Waals surface area (Å²) < 4.78 is 86.5. The number of sulfonamides is 1. The van der Waals surface area contributed by atoms with Gasteiger partial charge in [0.05, 0.1) is 17.1 Å². The molecule has 2 fully saturated rings. The molecular weight excluding hydrogens is 466 g/mol. The first-order chi connectivity index (χ1) is 15.6. The Balaban J connectivity index is 1.40. The predicted molar refractivity (Wildman–Crippen MR) is 109 cm³/mol. The molecule has 1 saturated heterocycles. The number of hydrogen-bond donors (Lipinski definition) is 1. The first-order valence-electron chi connectivity index (χ1n) is 10.4. The number of benzene rings is 2. The fourth-order valence-electron chi connectivity index (χ4n) is 3.93. The highest BCUT2D eigenvalue weighted by Crippen LogP contribution is 2.45. The van der Waals surface area contributed by atoms with Gasteiger partial charge in [0, 0.05) is 19.2 Å². The summed E-state index contributed by atoms with van der Waals surface area (Å²) in [5.41, 5.74) is 0.241. The smallest absolute Gasteiger partial charge is 0.338 e. The van der Waals surface area contributed by atoms with E-state index < -0.39 is 49.7 Å². The summed E-state index contributed by atoms with van der Waals surface area (Å²) in [6.45, 7) is 0.316. The van der Waals surface area contributed by atoms with Gasteiger partial charge in [-0.05, 0) is 61.3 Å². The lowest BCUT2D eigenvalue weighted by Crippen LogP contribution is -2.39. The average Bonchev–Trinajstić information content (AvgIpc) is 3.61. The van der Waals surface area contributed by atoms with E-state index >= 15 is 0 Å². The van der Waals surface area contributed by atoms with E-state index in [9.17, 15) is 30.8 Å². The Morgan fingerprint density at radius 2 is 1.58 bits per heavy atom. The van der Waals surface area contributed by atoms with Crippen molar-refractivity contribution in [3.8, 4) is 5.75 Å². The quantitative estimate of drug-likeness (QED) is 0.465. The number of carbonyl (C=O) groups is 1. The molecule has 0 amide bonds. The number of piperidine rings is 1. The predicted octanol–water partition coefficient (Wildman–Crippen LogP) is 4.30. The second-order valence-corrected chi connectivity index (χ2v) is 10.2. The SMILES string of the molecule is O=C(O)c1cc(C2CC2)c(OCC2CCN(S(=O)(=O)c3cc(F)c(F)c(F)c3)CC2)cc1F. The monoisotopic (exact) mass is 487 g/mol. The fraction of sp³-hybridized carbons (Fsp3) is 0.409. The van der Waals surface area contributed by atoms with Gasteiger partial charge in [0.2, 0.25) is 10.0 Å². The lowest BCUT2D eigenvalue weighted by Gasteiger charge is -2.31. The van der Waals surface area contributed by atoms with Crippen LogP contribution in [0.5, 0.6) is 5.75 Å². The van der Waals surface area contributed by atoms with E-state index in [0.29, 0.717) is 30.5 Å². The number of carboxylic acid groups (broad SMARTS) is 1. The maximum absolute atomic E-state index is 14.1. The molecule has 0 radical (unpaired) electrons. The molecule has 2 aliphatic rings. The van der Waals surface area contributed by atoms with Gasteiger partial charge in [-0.25, -0.2) is 30.8 Å². The van der Waals surface area contributed by atoms with Crippen LogP contribution in [0, 0.1) is 29.2 Å². The standard InChI is InChI=1S/C22H21F4NO5S/c23-17-10-20(15(13-1-2-13)9-16(17)22(28)29)32-11-12-3-5-27(6-4-12)33(30,31)14-7-18(24)21(26)19(25)8-14/h7-10,12-13H,1-6,11H2,(H,28,29). The van der Waals surface area contributed by atoms with E-state index in [4.69, 9.17) is 9.84 Å². The van der Waals surface area contributed by atoms with Crippen molar-refractivity contribution < 1.29 is 40.6 Å². The molecule has 33 heavy (non-hydrogen) atoms. The van der Waals surface area contributed by atoms with Gasteiger partial charge < -0.3 is 9.84 Å². The fourth-order valence-corrected chi connectivity index (χ4v) is 5.42. The van der Waals surface area contributed by atoms with Gasteiger partial charge in [-0.15, -0.1) is 0 Å². The summed E-state index contributed by atoms with van der Waals surface area (Å²) in [7, 11) is -4.20. The van der Waals surface area contributed by atoms with Crippen molar-refractivity contribution in [2.45, 2.75) is 36.5 Å². The molecule has 1 N–H and O–H groups in total. The van der Waals surface area contributed by atoms with Crippen LogP contribution in [0.1, 0.15) is 47.5 Å². The van der Waals surface area contributed by atoms with Crippen LogP contribution in [0.2, 0.25) is 0 Å². The Hall–Kier alpha value is -2.66. The molecule has 2 aromatic carbocycles. The minimum Gasteiger partial charge on any atom is -0.493 e. The Kier molecular flexibility index (Phi) is 6.37. The van der Waals surface area contributed by atoms with Crippen molar-refractivity contribution in [1.29, 1.82) is 0 Å². The third kappa shape index (κ3) is 4.84. The molecule has 1 aliphatic heterocycles. The van der Waals surface area contributed by atoms with Crippen molar-refractivity contribution in [2.24, 2.45) is 5.92 Å². The second-order valence-electron chi connectivity index (χ2n) is 8.31. The summed E-state index contributed by atoms with van der Waals surface area (Å²) in [5, 5.41) is 9.14. The Bertz CT molecular complexity index is 1170. The van der Waals surface area contributed by atoms with Crippen LogP contribution in [-0.4, -0.2) is 43.5 Å².